The van der Waals surface area contributed by atoms with Crippen LogP contribution in [0.3, 0.4) is 0 Å². The molecule has 0 aliphatic rings. The molecule has 0 aliphatic heterocycles. The number of ether oxygens (including phenoxy) is 1. The van der Waals surface area contributed by atoms with Crippen LogP contribution < -0.4 is 9.46 Å². The third-order valence-electron chi connectivity index (χ3n) is 5.07. The van der Waals surface area contributed by atoms with Gasteiger partial charge in [0.15, 0.2) is 0 Å². The molecule has 35 heavy (non-hydrogen) atoms. The van der Waals surface area contributed by atoms with Gasteiger partial charge in [0.1, 0.15) is 15.7 Å². The summed E-state index contributed by atoms with van der Waals surface area (Å²) in [5.74, 6) is -1.34. The fourth-order valence-corrected chi connectivity index (χ4v) is 5.76. The molecule has 3 aromatic rings. The minimum Gasteiger partial charge on any atom is -0.474 e. The number of para-hydroxylation sites is 1. The van der Waals surface area contributed by atoms with E-state index in [0.29, 0.717) is 28.5 Å². The highest BCUT2D eigenvalue weighted by Gasteiger charge is 2.23. The quantitative estimate of drug-likeness (QED) is 0.268. The number of nitrogens with zero attached hydrogens (tertiary/aromatic N) is 1. The van der Waals surface area contributed by atoms with E-state index >= 15 is 0 Å². The summed E-state index contributed by atoms with van der Waals surface area (Å²) in [7, 11) is -3.65. The van der Waals surface area contributed by atoms with Crippen molar-refractivity contribution in [1.29, 1.82) is 0 Å². The molecule has 1 amide bonds. The summed E-state index contributed by atoms with van der Waals surface area (Å²) < 4.78 is 33.5. The zero-order valence-electron chi connectivity index (χ0n) is 19.3. The van der Waals surface area contributed by atoms with Crippen LogP contribution in [0.5, 0.6) is 11.5 Å². The number of unbranched alkanes of at least 4 members (excludes halogenated alkanes) is 2. The Kier molecular flexibility index (Phi) is 9.41. The molecule has 0 fully saturated rings. The van der Waals surface area contributed by atoms with Crippen LogP contribution >= 0.6 is 11.3 Å². The smallest absolute Gasteiger partial charge is 0.394 e. The van der Waals surface area contributed by atoms with Crippen LogP contribution in [0.1, 0.15) is 36.6 Å². The molecule has 2 aromatic carbocycles. The van der Waals surface area contributed by atoms with Crippen LogP contribution in [0.4, 0.5) is 0 Å². The van der Waals surface area contributed by atoms with Crippen molar-refractivity contribution in [3.8, 4) is 11.5 Å². The molecule has 0 spiro atoms. The van der Waals surface area contributed by atoms with E-state index in [0.717, 1.165) is 30.6 Å². The van der Waals surface area contributed by atoms with Crippen LogP contribution in [0.25, 0.3) is 0 Å². The zero-order valence-corrected chi connectivity index (χ0v) is 21.0. The topological polar surface area (TPSA) is 113 Å². The molecular weight excluding hydrogens is 488 g/mol. The number of aliphatic carboxylic acids is 1. The molecule has 186 valence electrons. The average molecular weight is 517 g/mol. The van der Waals surface area contributed by atoms with Gasteiger partial charge < -0.3 is 14.7 Å². The molecule has 1 heterocycles. The molecule has 8 nitrogen and oxygen atoms in total. The summed E-state index contributed by atoms with van der Waals surface area (Å²) >= 11 is 1.02. The minimum absolute atomic E-state index is 0.0244. The number of carboxylic acids is 1. The van der Waals surface area contributed by atoms with Gasteiger partial charge in [-0.15, -0.1) is 11.3 Å². The zero-order chi connectivity index (χ0) is 25.3. The number of carboxylic acid groups (broad SMARTS) is 1. The number of amides is 1. The van der Waals surface area contributed by atoms with E-state index in [4.69, 9.17) is 4.74 Å². The number of rotatable bonds is 12. The summed E-state index contributed by atoms with van der Waals surface area (Å²) in [6, 6.07) is 19.3. The van der Waals surface area contributed by atoms with Crippen LogP contribution in [0, 0.1) is 0 Å². The number of hydrogen-bond acceptors (Lipinski definition) is 6. The van der Waals surface area contributed by atoms with E-state index in [9.17, 15) is 23.1 Å². The van der Waals surface area contributed by atoms with Crippen LogP contribution in [0.2, 0.25) is 0 Å². The maximum absolute atomic E-state index is 12.5. The lowest BCUT2D eigenvalue weighted by molar-refractivity contribution is -0.156. The van der Waals surface area contributed by atoms with Gasteiger partial charge in [0.05, 0.1) is 6.54 Å². The van der Waals surface area contributed by atoms with Crippen LogP contribution in [0.15, 0.2) is 70.9 Å². The lowest BCUT2D eigenvalue weighted by atomic mass is 10.2. The Hall–Kier alpha value is -3.21. The molecule has 2 N–H and O–H groups in total. The van der Waals surface area contributed by atoms with Crippen molar-refractivity contribution in [1.82, 2.24) is 9.62 Å². The van der Waals surface area contributed by atoms with Gasteiger partial charge in [-0.05, 0) is 48.4 Å². The molecule has 0 saturated heterocycles. The molecule has 0 aliphatic carbocycles. The van der Waals surface area contributed by atoms with Crippen molar-refractivity contribution < 1.29 is 27.9 Å². The van der Waals surface area contributed by atoms with E-state index in [1.54, 1.807) is 30.3 Å². The number of benzene rings is 2. The van der Waals surface area contributed by atoms with Gasteiger partial charge in [0, 0.05) is 18.0 Å². The van der Waals surface area contributed by atoms with Gasteiger partial charge in [0.25, 0.3) is 0 Å². The highest BCUT2D eigenvalue weighted by molar-refractivity contribution is 7.91. The van der Waals surface area contributed by atoms with E-state index < -0.39 is 21.9 Å². The Morgan fingerprint density at radius 1 is 0.943 bits per heavy atom. The van der Waals surface area contributed by atoms with Gasteiger partial charge in [-0.3, -0.25) is 4.79 Å². The third-order valence-corrected chi connectivity index (χ3v) is 8.09. The Morgan fingerprint density at radius 3 is 2.29 bits per heavy atom. The summed E-state index contributed by atoms with van der Waals surface area (Å²) in [4.78, 5) is 25.5. The summed E-state index contributed by atoms with van der Waals surface area (Å²) in [5, 5.41) is 9.28. The molecule has 0 radical (unpaired) electrons. The summed E-state index contributed by atoms with van der Waals surface area (Å²) in [5.41, 5.74) is 0.710. The Labute approximate surface area is 209 Å². The summed E-state index contributed by atoms with van der Waals surface area (Å²) in [6.45, 7) is 2.42. The molecule has 0 saturated carbocycles. The second-order valence-electron chi connectivity index (χ2n) is 7.85. The van der Waals surface area contributed by atoms with Gasteiger partial charge in [-0.25, -0.2) is 17.9 Å². The van der Waals surface area contributed by atoms with Crippen molar-refractivity contribution in [2.24, 2.45) is 0 Å². The highest BCUT2D eigenvalue weighted by atomic mass is 32.2. The lowest BCUT2D eigenvalue weighted by Gasteiger charge is -2.20. The van der Waals surface area contributed by atoms with Crippen molar-refractivity contribution in [2.75, 3.05) is 6.54 Å². The molecule has 0 bridgehead atoms. The molecular formula is C25H28N2O6S2. The average Bonchev–Trinajstić information content (AvgIpc) is 3.32. The number of nitrogens with one attached hydrogen (secondary N) is 1. The molecule has 10 heteroatoms. The first-order valence-electron chi connectivity index (χ1n) is 11.2. The fourth-order valence-electron chi connectivity index (χ4n) is 3.27. The normalized spacial score (nSPS) is 11.2. The molecule has 0 unspecified atom stereocenters. The van der Waals surface area contributed by atoms with E-state index in [1.807, 2.05) is 37.3 Å². The minimum atomic E-state index is -3.65. The van der Waals surface area contributed by atoms with Crippen LogP contribution in [-0.4, -0.2) is 36.8 Å². The van der Waals surface area contributed by atoms with Gasteiger partial charge in [0.2, 0.25) is 10.0 Å². The number of carbonyl (C=O) groups excluding carboxylic acids is 1. The van der Waals surface area contributed by atoms with Gasteiger partial charge in [-0.1, -0.05) is 50.1 Å². The van der Waals surface area contributed by atoms with Crippen molar-refractivity contribution in [3.63, 3.8) is 0 Å². The number of carbonyl (C=O) groups is 2. The first kappa shape index (κ1) is 26.4. The van der Waals surface area contributed by atoms with Crippen molar-refractivity contribution in [3.05, 3.63) is 77.2 Å². The predicted molar refractivity (Wildman–Crippen MR) is 134 cm³/mol. The Bertz CT molecular complexity index is 1220. The SMILES string of the molecule is CCCCCNS(=O)(=O)c1ccc(CN(Cc2ccc(Oc3ccccc3)cc2)C(=O)C(=O)O)s1. The Morgan fingerprint density at radius 2 is 1.63 bits per heavy atom. The van der Waals surface area contributed by atoms with Gasteiger partial charge >= 0.3 is 11.9 Å². The number of thiophene rings is 1. The van der Waals surface area contributed by atoms with Crippen LogP contribution in [-0.2, 0) is 32.7 Å². The standard InChI is InChI=1S/C25H28N2O6S2/c1-2-3-7-16-26-35(31,32)23-15-14-22(34-23)18-27(24(28)25(29)30)17-19-10-12-21(13-11-19)33-20-8-5-4-6-9-20/h4-6,8-15,26H,2-3,7,16-18H2,1H3,(H,29,30). The summed E-state index contributed by atoms with van der Waals surface area (Å²) in [6.07, 6.45) is 2.68. The highest BCUT2D eigenvalue weighted by Crippen LogP contribution is 2.25. The molecule has 1 aromatic heterocycles. The van der Waals surface area contributed by atoms with Crippen molar-refractivity contribution in [2.45, 2.75) is 43.5 Å². The first-order chi connectivity index (χ1) is 16.8. The Balaban J connectivity index is 1.68. The molecule has 3 rings (SSSR count). The monoisotopic (exact) mass is 516 g/mol. The van der Waals surface area contributed by atoms with E-state index in [2.05, 4.69) is 4.72 Å². The van der Waals surface area contributed by atoms with E-state index in [1.165, 1.54) is 11.0 Å². The molecule has 0 atom stereocenters. The second kappa shape index (κ2) is 12.5. The number of sulfonamides is 1. The fraction of sp³-hybridized carbons (Fsp3) is 0.280. The lowest BCUT2D eigenvalue weighted by Crippen LogP contribution is -2.35. The third kappa shape index (κ3) is 7.91. The van der Waals surface area contributed by atoms with Crippen molar-refractivity contribution >= 4 is 33.2 Å². The predicted octanol–water partition coefficient (Wildman–Crippen LogP) is 4.62. The maximum Gasteiger partial charge on any atom is 0.394 e. The van der Waals surface area contributed by atoms with E-state index in [-0.39, 0.29) is 17.3 Å². The maximum atomic E-state index is 12.5. The largest absolute Gasteiger partial charge is 0.474 e. The van der Waals surface area contributed by atoms with Gasteiger partial charge in [-0.2, -0.15) is 0 Å². The second-order valence-corrected chi connectivity index (χ2v) is 11.0. The first-order valence-corrected chi connectivity index (χ1v) is 13.5. The number of hydrogen-bond donors (Lipinski definition) is 2.